The van der Waals surface area contributed by atoms with Gasteiger partial charge in [0.05, 0.1) is 36.9 Å². The van der Waals surface area contributed by atoms with Gasteiger partial charge in [-0.2, -0.15) is 28.8 Å². The molecule has 0 radical (unpaired) electrons. The summed E-state index contributed by atoms with van der Waals surface area (Å²) < 4.78 is 7.66. The van der Waals surface area contributed by atoms with E-state index < -0.39 is 50.1 Å². The SMILES string of the molecule is CCC[CH2][Sn]([CH2]CCC)([CH2]CCC)[c]1ccc(CC)s1.CCc1ccc(-c2ccnc(CO)c2)s1.O=C=O.O=C=O.O=C=O.OCc1cc(-c2cccs2)ccn1.OCc1cc(Br)ccn1.[Li+].[OH-].[Pd].c1ccc(P(c2ccccc2)c2ccccc2)cc1.c1ccc(P(c2ccccc2)c2ccccc2)cc1.c1ccc(P(c2ccccc2)c2ccccc2)cc1.c1ccc(P(c2ccccc2)c2ccccc2)cc1. The van der Waals surface area contributed by atoms with E-state index in [9.17, 15) is 0 Å². The molecular weight excluding hydrogens is 2190 g/mol. The molecule has 0 saturated carbocycles. The van der Waals surface area contributed by atoms with Gasteiger partial charge in [-0.1, -0.05) is 393 Å². The number of pyridine rings is 3. The van der Waals surface area contributed by atoms with E-state index in [4.69, 9.17) is 44.1 Å². The second-order valence-corrected chi connectivity index (χ2v) is 58.7. The number of unbranched alkanes of at least 4 members (excludes halogenated alkanes) is 3. The Labute approximate surface area is 911 Å². The molecular formula is C121H123BrLiN3O10P4PdS3Sn. The summed E-state index contributed by atoms with van der Waals surface area (Å²) in [6.07, 6.45) is 16.7. The van der Waals surface area contributed by atoms with Gasteiger partial charge in [0.2, 0.25) is 0 Å². The molecule has 0 fully saturated rings. The number of thiophene rings is 3. The third-order valence-corrected chi connectivity index (χ3v) is 53.7. The summed E-state index contributed by atoms with van der Waals surface area (Å²) >= 11 is 6.84. The minimum Gasteiger partial charge on any atom is -0.870 e. The van der Waals surface area contributed by atoms with Gasteiger partial charge in [0.25, 0.3) is 0 Å². The van der Waals surface area contributed by atoms with E-state index in [0.717, 1.165) is 27.7 Å². The van der Waals surface area contributed by atoms with Gasteiger partial charge in [0, 0.05) is 58.1 Å². The molecule has 4 N–H and O–H groups in total. The second kappa shape index (κ2) is 76.0. The van der Waals surface area contributed by atoms with Crippen molar-refractivity contribution < 1.29 is 88.8 Å². The smallest absolute Gasteiger partial charge is 0.870 e. The molecule has 0 unspecified atom stereocenters. The largest absolute Gasteiger partial charge is 1.00 e. The number of aliphatic hydroxyl groups is 3. The van der Waals surface area contributed by atoms with Crippen LogP contribution in [0.25, 0.3) is 20.9 Å². The van der Waals surface area contributed by atoms with E-state index in [-0.39, 0.29) is 83.0 Å². The van der Waals surface area contributed by atoms with Crippen molar-refractivity contribution in [2.24, 2.45) is 0 Å². The molecule has 18 aromatic rings. The van der Waals surface area contributed by atoms with Crippen molar-refractivity contribution in [2.45, 2.75) is 119 Å². The molecule has 24 heteroatoms. The molecule has 12 aromatic carbocycles. The van der Waals surface area contributed by atoms with E-state index in [1.807, 2.05) is 44.7 Å². The molecule has 0 spiro atoms. The first-order valence-corrected chi connectivity index (χ1v) is 63.3. The van der Waals surface area contributed by atoms with Gasteiger partial charge < -0.3 is 20.8 Å². The standard InChI is InChI=1S/4C18H15P.C12H13NOS.C10H9NOS.C6H6BrNO.C6H7S.3C4H9.3CO2.Li.H2O.Pd.Sn/c4*1-4-10-16(11-5-1)19(17-12-6-2-7-13-17)18-14-8-3-9-15-18;1-2-11-3-4-12(15-11)9-5-6-13-10(7-9)8-14;12-7-9-6-8(3-4-11-9)10-2-1-5-13-10;7-5-1-2-8-6(3-5)4-9;1-2-6-4-3-5-7-6;3*1-3-4-2;3*2-1-3;;;;/h4*1-15H;3-7,14H,2,8H2,1H3;1-6,12H,7H2;1-3,9H,4H2;3-4H,2H2,1H3;3*1,3-4H2,2H3;;;;;1H2;;/q;;;;;;;;;;;;;;+1;;;/p-1. The normalized spacial score (nSPS) is 9.97. The summed E-state index contributed by atoms with van der Waals surface area (Å²) in [4.78, 5) is 66.2. The van der Waals surface area contributed by atoms with Crippen LogP contribution in [0.4, 0.5) is 0 Å². The van der Waals surface area contributed by atoms with E-state index in [1.165, 1.54) is 123 Å². The van der Waals surface area contributed by atoms with Crippen LogP contribution in [0.5, 0.6) is 0 Å². The fraction of sp³-hybridized carbons (Fsp3) is 0.157. The van der Waals surface area contributed by atoms with Crippen molar-refractivity contribution in [2.75, 3.05) is 0 Å². The zero-order valence-corrected chi connectivity index (χ0v) is 94.6. The maximum absolute atomic E-state index is 9.00. The van der Waals surface area contributed by atoms with Crippen LogP contribution in [-0.2, 0) is 81.9 Å². The molecule has 145 heavy (non-hydrogen) atoms. The number of aromatic nitrogens is 3. The second-order valence-electron chi connectivity index (χ2n) is 31.4. The Morgan fingerprint density at radius 2 is 0.517 bits per heavy atom. The van der Waals surface area contributed by atoms with Crippen molar-refractivity contribution in [3.63, 3.8) is 0 Å². The predicted molar refractivity (Wildman–Crippen MR) is 610 cm³/mol. The van der Waals surface area contributed by atoms with Crippen molar-refractivity contribution in [1.82, 2.24) is 15.0 Å². The van der Waals surface area contributed by atoms with Crippen LogP contribution < -0.4 is 85.4 Å². The van der Waals surface area contributed by atoms with Gasteiger partial charge in [-0.15, -0.1) is 22.7 Å². The molecule has 0 aliphatic carbocycles. The Kier molecular flexibility index (Phi) is 65.5. The summed E-state index contributed by atoms with van der Waals surface area (Å²) in [5, 5.41) is 45.3. The zero-order chi connectivity index (χ0) is 101. The molecule has 13 nitrogen and oxygen atoms in total. The summed E-state index contributed by atoms with van der Waals surface area (Å²) in [5.74, 6) is 0. The minimum absolute atomic E-state index is 0. The Bertz CT molecular complexity index is 5580. The first-order valence-electron chi connectivity index (χ1n) is 47.2. The first kappa shape index (κ1) is 125. The van der Waals surface area contributed by atoms with Crippen LogP contribution in [-0.4, -0.2) is 72.6 Å². The van der Waals surface area contributed by atoms with Crippen LogP contribution in [0.2, 0.25) is 13.3 Å². The quantitative estimate of drug-likeness (QED) is 0.0293. The average Bonchev–Trinajstić information content (AvgIpc) is 1.74. The van der Waals surface area contributed by atoms with Gasteiger partial charge in [-0.25, -0.2) is 0 Å². The van der Waals surface area contributed by atoms with Crippen LogP contribution in [0.15, 0.2) is 465 Å². The molecule has 0 amide bonds. The van der Waals surface area contributed by atoms with E-state index >= 15 is 0 Å². The predicted octanol–water partition coefficient (Wildman–Crippen LogP) is 21.7. The number of aliphatic hydroxyl groups excluding tert-OH is 3. The van der Waals surface area contributed by atoms with Crippen molar-refractivity contribution >= 4 is 185 Å². The maximum Gasteiger partial charge on any atom is 1.00 e. The molecule has 6 aromatic heterocycles. The third kappa shape index (κ3) is 44.6. The summed E-state index contributed by atoms with van der Waals surface area (Å²) in [5.41, 5.74) is 4.38. The number of aryl methyl sites for hydroxylation is 2. The van der Waals surface area contributed by atoms with E-state index in [2.05, 4.69) is 471 Å². The first-order chi connectivity index (χ1) is 69.8. The van der Waals surface area contributed by atoms with Gasteiger partial charge >= 0.3 is 173 Å². The van der Waals surface area contributed by atoms with E-state index in [0.29, 0.717) is 11.4 Å². The Morgan fingerprint density at radius 3 is 0.717 bits per heavy atom. The van der Waals surface area contributed by atoms with Crippen LogP contribution in [0.1, 0.15) is 100.0 Å². The molecule has 0 saturated heterocycles. The molecule has 6 heterocycles. The average molecular weight is 2310 g/mol. The van der Waals surface area contributed by atoms with Crippen LogP contribution >= 0.6 is 81.6 Å². The van der Waals surface area contributed by atoms with Crippen LogP contribution in [0.3, 0.4) is 0 Å². The van der Waals surface area contributed by atoms with Gasteiger partial charge in [0.1, 0.15) is 0 Å². The summed E-state index contributed by atoms with van der Waals surface area (Å²) in [7, 11) is -1.78. The number of benzene rings is 12. The summed E-state index contributed by atoms with van der Waals surface area (Å²) in [6, 6.07) is 154. The molecule has 0 atom stereocenters. The Balaban J connectivity index is 0.000000289. The van der Waals surface area contributed by atoms with Crippen molar-refractivity contribution in [1.29, 1.82) is 0 Å². The molecule has 0 aliphatic heterocycles. The number of halogens is 1. The number of hydrogen-bond acceptors (Lipinski definition) is 16. The fourth-order valence-electron chi connectivity index (χ4n) is 15.0. The van der Waals surface area contributed by atoms with Crippen molar-refractivity contribution in [3.05, 3.63) is 492 Å². The minimum atomic E-state index is -2.08. The topological polar surface area (TPSA) is 232 Å². The monoisotopic (exact) mass is 2310 g/mol. The zero-order valence-electron chi connectivity index (χ0n) is 82.6. The molecule has 18 rings (SSSR count). The molecule has 742 valence electrons. The number of carbonyl (C=O) groups excluding carboxylic acids is 6. The maximum atomic E-state index is 9.00. The van der Waals surface area contributed by atoms with Crippen LogP contribution in [0, 0.1) is 0 Å². The Hall–Kier alpha value is -10.6. The van der Waals surface area contributed by atoms with Gasteiger partial charge in [-0.05, 0) is 173 Å². The third-order valence-electron chi connectivity index (χ3n) is 21.7. The van der Waals surface area contributed by atoms with Gasteiger partial charge in [-0.3, -0.25) is 15.0 Å². The van der Waals surface area contributed by atoms with E-state index in [1.54, 1.807) is 65.5 Å². The number of rotatable bonds is 29. The van der Waals surface area contributed by atoms with Gasteiger partial charge in [0.15, 0.2) is 0 Å². The molecule has 0 aliphatic rings. The molecule has 0 bridgehead atoms. The summed E-state index contributed by atoms with van der Waals surface area (Å²) in [6.45, 7) is 11.5. The Morgan fingerprint density at radius 1 is 0.290 bits per heavy atom. The fourth-order valence-corrected chi connectivity index (χ4v) is 46.5. The van der Waals surface area contributed by atoms with Crippen molar-refractivity contribution in [3.8, 4) is 20.9 Å². The number of hydrogen-bond donors (Lipinski definition) is 3. The number of nitrogens with zero attached hydrogens (tertiary/aromatic N) is 3.